The van der Waals surface area contributed by atoms with Crippen LogP contribution in [0.2, 0.25) is 5.02 Å². The number of carbonyl (C=O) groups is 1. The van der Waals surface area contributed by atoms with Crippen LogP contribution in [0.15, 0.2) is 53.3 Å². The Hall–Kier alpha value is -3.40. The van der Waals surface area contributed by atoms with E-state index in [9.17, 15) is 27.9 Å². The first-order chi connectivity index (χ1) is 15.7. The molecule has 2 bridgehead atoms. The summed E-state index contributed by atoms with van der Waals surface area (Å²) in [6.45, 7) is 0.140. The van der Waals surface area contributed by atoms with Gasteiger partial charge in [0, 0.05) is 17.1 Å². The van der Waals surface area contributed by atoms with Crippen LogP contribution in [0, 0.1) is 0 Å². The number of amides is 1. The number of hydrogen-bond acceptors (Lipinski definition) is 4. The van der Waals surface area contributed by atoms with Gasteiger partial charge in [-0.25, -0.2) is 14.2 Å². The van der Waals surface area contributed by atoms with Gasteiger partial charge in [-0.1, -0.05) is 35.9 Å². The van der Waals surface area contributed by atoms with Crippen LogP contribution in [0.25, 0.3) is 5.69 Å². The van der Waals surface area contributed by atoms with Crippen LogP contribution < -0.4 is 5.69 Å². The van der Waals surface area contributed by atoms with Gasteiger partial charge >= 0.3 is 18.0 Å². The van der Waals surface area contributed by atoms with Crippen LogP contribution in [0.1, 0.15) is 35.3 Å². The van der Waals surface area contributed by atoms with Gasteiger partial charge in [0.05, 0.1) is 23.3 Å². The van der Waals surface area contributed by atoms with E-state index >= 15 is 0 Å². The van der Waals surface area contributed by atoms with E-state index < -0.39 is 41.5 Å². The molecule has 0 saturated carbocycles. The SMILES string of the molecule is O=C(OCc1ccccc1Cl)N1CC2CC1c1c(O)n(-c3cccc(C(F)(F)F)c3)c(=O)n12. The van der Waals surface area contributed by atoms with Gasteiger partial charge in [0.2, 0.25) is 5.88 Å². The third-order valence-corrected chi connectivity index (χ3v) is 6.40. The lowest BCUT2D eigenvalue weighted by Crippen LogP contribution is -2.38. The number of hydrogen-bond donors (Lipinski definition) is 1. The molecular formula is C22H17ClF3N3O4. The fraction of sp³-hybridized carbons (Fsp3) is 0.273. The van der Waals surface area contributed by atoms with Crippen LogP contribution in [0.4, 0.5) is 18.0 Å². The van der Waals surface area contributed by atoms with Crippen molar-refractivity contribution in [3.63, 3.8) is 0 Å². The van der Waals surface area contributed by atoms with Crippen molar-refractivity contribution in [2.45, 2.75) is 31.3 Å². The Morgan fingerprint density at radius 2 is 1.94 bits per heavy atom. The van der Waals surface area contributed by atoms with Gasteiger partial charge in [-0.05, 0) is 30.7 Å². The summed E-state index contributed by atoms with van der Waals surface area (Å²) in [5, 5.41) is 11.3. The van der Waals surface area contributed by atoms with E-state index in [1.54, 1.807) is 24.3 Å². The monoisotopic (exact) mass is 479 g/mol. The molecule has 2 unspecified atom stereocenters. The van der Waals surface area contributed by atoms with E-state index in [1.807, 2.05) is 0 Å². The van der Waals surface area contributed by atoms with Gasteiger partial charge < -0.3 is 9.84 Å². The second-order valence-corrected chi connectivity index (χ2v) is 8.36. The summed E-state index contributed by atoms with van der Waals surface area (Å²) in [6.07, 6.45) is -4.82. The highest BCUT2D eigenvalue weighted by Gasteiger charge is 2.49. The summed E-state index contributed by atoms with van der Waals surface area (Å²) in [5.74, 6) is -0.490. The molecule has 2 aliphatic rings. The Morgan fingerprint density at radius 3 is 2.67 bits per heavy atom. The first-order valence-corrected chi connectivity index (χ1v) is 10.4. The molecule has 5 rings (SSSR count). The first kappa shape index (κ1) is 21.4. The topological polar surface area (TPSA) is 76.7 Å². The van der Waals surface area contributed by atoms with Crippen LogP contribution >= 0.6 is 11.6 Å². The molecule has 3 heterocycles. The number of aromatic hydroxyl groups is 1. The summed E-state index contributed by atoms with van der Waals surface area (Å²) in [4.78, 5) is 27.1. The lowest BCUT2D eigenvalue weighted by atomic mass is 10.2. The van der Waals surface area contributed by atoms with Crippen molar-refractivity contribution in [2.24, 2.45) is 0 Å². The standard InChI is InChI=1S/C22H17ClF3N3O4/c23-16-7-2-1-4-12(16)11-33-21(32)27-10-15-9-17(27)18-19(30)29(20(31)28(15)18)14-6-3-5-13(8-14)22(24,25)26/h1-8,15,17,30H,9-11H2. The maximum absolute atomic E-state index is 13.1. The van der Waals surface area contributed by atoms with Crippen LogP contribution in [-0.4, -0.2) is 31.8 Å². The number of rotatable bonds is 3. The van der Waals surface area contributed by atoms with E-state index in [1.165, 1.54) is 21.6 Å². The van der Waals surface area contributed by atoms with Gasteiger partial charge in [-0.3, -0.25) is 9.47 Å². The number of carbonyl (C=O) groups excluding carboxylic acids is 1. The van der Waals surface area contributed by atoms with Gasteiger partial charge in [-0.2, -0.15) is 13.2 Å². The largest absolute Gasteiger partial charge is 0.493 e. The molecule has 2 aliphatic heterocycles. The summed E-state index contributed by atoms with van der Waals surface area (Å²) in [6, 6.07) is 10.0. The molecule has 2 atom stereocenters. The average molecular weight is 480 g/mol. The van der Waals surface area contributed by atoms with Gasteiger partial charge in [0.1, 0.15) is 12.3 Å². The number of ether oxygens (including phenoxy) is 1. The lowest BCUT2D eigenvalue weighted by Gasteiger charge is -2.27. The Morgan fingerprint density at radius 1 is 1.18 bits per heavy atom. The normalized spacial score (nSPS) is 19.1. The lowest BCUT2D eigenvalue weighted by molar-refractivity contribution is -0.137. The Bertz CT molecular complexity index is 1320. The molecule has 172 valence electrons. The Kier molecular flexibility index (Phi) is 4.93. The number of alkyl halides is 3. The van der Waals surface area contributed by atoms with Crippen LogP contribution in [-0.2, 0) is 17.5 Å². The van der Waals surface area contributed by atoms with Crippen molar-refractivity contribution in [3.05, 3.63) is 80.9 Å². The maximum atomic E-state index is 13.1. The van der Waals surface area contributed by atoms with Crippen LogP contribution in [0.5, 0.6) is 5.88 Å². The molecule has 7 nitrogen and oxygen atoms in total. The van der Waals surface area contributed by atoms with Crippen molar-refractivity contribution in [2.75, 3.05) is 6.54 Å². The number of benzene rings is 2. The number of likely N-dealkylation sites (tertiary alicyclic amines) is 1. The van der Waals surface area contributed by atoms with Gasteiger partial charge in [0.25, 0.3) is 0 Å². The third-order valence-electron chi connectivity index (χ3n) is 6.03. The zero-order valence-electron chi connectivity index (χ0n) is 16.9. The van der Waals surface area contributed by atoms with E-state index in [-0.39, 0.29) is 24.5 Å². The summed E-state index contributed by atoms with van der Waals surface area (Å²) in [7, 11) is 0. The molecule has 1 amide bonds. The second kappa shape index (κ2) is 7.58. The Labute approximate surface area is 190 Å². The predicted molar refractivity (Wildman–Crippen MR) is 111 cm³/mol. The highest BCUT2D eigenvalue weighted by atomic mass is 35.5. The van der Waals surface area contributed by atoms with Gasteiger partial charge in [0.15, 0.2) is 0 Å². The minimum atomic E-state index is -4.60. The van der Waals surface area contributed by atoms with E-state index in [0.29, 0.717) is 17.0 Å². The molecule has 0 radical (unpaired) electrons. The summed E-state index contributed by atoms with van der Waals surface area (Å²) in [5.41, 5.74) is -0.888. The zero-order valence-corrected chi connectivity index (χ0v) is 17.7. The highest BCUT2D eigenvalue weighted by molar-refractivity contribution is 6.31. The molecular weight excluding hydrogens is 463 g/mol. The minimum absolute atomic E-state index is 0.0452. The van der Waals surface area contributed by atoms with Crippen molar-refractivity contribution >= 4 is 17.7 Å². The molecule has 3 aromatic rings. The number of nitrogens with zero attached hydrogens (tertiary/aromatic N) is 3. The third kappa shape index (κ3) is 3.45. The van der Waals surface area contributed by atoms with Crippen molar-refractivity contribution < 1.29 is 27.8 Å². The molecule has 0 spiro atoms. The molecule has 2 aromatic carbocycles. The van der Waals surface area contributed by atoms with E-state index in [2.05, 4.69) is 0 Å². The summed E-state index contributed by atoms with van der Waals surface area (Å²) >= 11 is 6.09. The predicted octanol–water partition coefficient (Wildman–Crippen LogP) is 4.66. The van der Waals surface area contributed by atoms with E-state index in [4.69, 9.17) is 16.3 Å². The molecule has 0 aliphatic carbocycles. The quantitative estimate of drug-likeness (QED) is 0.593. The Balaban J connectivity index is 1.43. The number of halogens is 4. The molecule has 1 aromatic heterocycles. The fourth-order valence-corrected chi connectivity index (χ4v) is 4.73. The summed E-state index contributed by atoms with van der Waals surface area (Å²) < 4.78 is 46.9. The van der Waals surface area contributed by atoms with Crippen molar-refractivity contribution in [1.29, 1.82) is 0 Å². The molecule has 1 saturated heterocycles. The average Bonchev–Trinajstić information content (AvgIpc) is 3.44. The molecule has 1 N–H and O–H groups in total. The van der Waals surface area contributed by atoms with Crippen LogP contribution in [0.3, 0.4) is 0 Å². The van der Waals surface area contributed by atoms with Crippen molar-refractivity contribution in [3.8, 4) is 11.6 Å². The highest BCUT2D eigenvalue weighted by Crippen LogP contribution is 2.49. The minimum Gasteiger partial charge on any atom is -0.493 e. The second-order valence-electron chi connectivity index (χ2n) is 7.95. The fourth-order valence-electron chi connectivity index (χ4n) is 4.54. The van der Waals surface area contributed by atoms with Crippen molar-refractivity contribution in [1.82, 2.24) is 14.0 Å². The van der Waals surface area contributed by atoms with Gasteiger partial charge in [-0.15, -0.1) is 0 Å². The smallest absolute Gasteiger partial charge is 0.416 e. The number of fused-ring (bicyclic) bond motifs is 5. The first-order valence-electron chi connectivity index (χ1n) is 10.1. The molecule has 11 heteroatoms. The molecule has 1 fully saturated rings. The maximum Gasteiger partial charge on any atom is 0.416 e. The zero-order chi connectivity index (χ0) is 23.5. The molecule has 33 heavy (non-hydrogen) atoms. The number of imidazole rings is 1. The number of aromatic nitrogens is 2. The van der Waals surface area contributed by atoms with E-state index in [0.717, 1.165) is 16.7 Å².